The Morgan fingerprint density at radius 3 is 2.40 bits per heavy atom. The minimum atomic E-state index is -3.19. The van der Waals surface area contributed by atoms with Gasteiger partial charge in [-0.25, -0.2) is 19.2 Å². The zero-order chi connectivity index (χ0) is 14.6. The number of benzene rings is 1. The van der Waals surface area contributed by atoms with E-state index in [0.29, 0.717) is 17.3 Å². The number of hydrogen-bond acceptors (Lipinski definition) is 7. The fourth-order valence-electron chi connectivity index (χ4n) is 1.44. The van der Waals surface area contributed by atoms with Crippen molar-refractivity contribution in [1.82, 2.24) is 9.97 Å². The van der Waals surface area contributed by atoms with E-state index in [4.69, 9.17) is 10.6 Å². The number of nitrogen functional groups attached to an aromatic ring is 1. The first-order valence-corrected chi connectivity index (χ1v) is 7.58. The van der Waals surface area contributed by atoms with E-state index in [1.807, 2.05) is 0 Å². The number of ether oxygens (including phenoxy) is 1. The Labute approximate surface area is 116 Å². The van der Waals surface area contributed by atoms with Crippen molar-refractivity contribution in [2.45, 2.75) is 11.5 Å². The number of nitrogens with zero attached hydrogens (tertiary/aromatic N) is 2. The lowest BCUT2D eigenvalue weighted by molar-refractivity contribution is 0.300. The van der Waals surface area contributed by atoms with Crippen molar-refractivity contribution in [2.24, 2.45) is 5.84 Å². The summed E-state index contributed by atoms with van der Waals surface area (Å²) in [5.74, 6) is 6.20. The van der Waals surface area contributed by atoms with Crippen LogP contribution >= 0.6 is 0 Å². The molecule has 0 aliphatic carbocycles. The fraction of sp³-hybridized carbons (Fsp3) is 0.167. The quantitative estimate of drug-likeness (QED) is 0.618. The van der Waals surface area contributed by atoms with Gasteiger partial charge in [-0.2, -0.15) is 0 Å². The van der Waals surface area contributed by atoms with Crippen LogP contribution in [0.1, 0.15) is 5.69 Å². The summed E-state index contributed by atoms with van der Waals surface area (Å²) in [5.41, 5.74) is 3.01. The first kappa shape index (κ1) is 14.2. The van der Waals surface area contributed by atoms with Crippen molar-refractivity contribution in [3.05, 3.63) is 42.4 Å². The highest BCUT2D eigenvalue weighted by atomic mass is 32.2. The summed E-state index contributed by atoms with van der Waals surface area (Å²) in [6.07, 6.45) is 4.19. The lowest BCUT2D eigenvalue weighted by atomic mass is 10.3. The van der Waals surface area contributed by atoms with Crippen LogP contribution in [0.5, 0.6) is 5.75 Å². The number of nitrogens with one attached hydrogen (secondary N) is 1. The number of nitrogens with two attached hydrogens (primary N) is 1. The molecular formula is C12H14N4O3S. The third kappa shape index (κ3) is 3.65. The highest BCUT2D eigenvalue weighted by Gasteiger charge is 2.06. The molecule has 0 aliphatic rings. The van der Waals surface area contributed by atoms with Crippen LogP contribution in [0.15, 0.2) is 41.6 Å². The number of sulfone groups is 1. The van der Waals surface area contributed by atoms with Crippen molar-refractivity contribution < 1.29 is 13.2 Å². The normalized spacial score (nSPS) is 11.1. The average molecular weight is 294 g/mol. The highest BCUT2D eigenvalue weighted by molar-refractivity contribution is 7.90. The van der Waals surface area contributed by atoms with Crippen LogP contribution in [-0.2, 0) is 16.4 Å². The highest BCUT2D eigenvalue weighted by Crippen LogP contribution is 2.16. The van der Waals surface area contributed by atoms with Gasteiger partial charge in [0.1, 0.15) is 12.4 Å². The second kappa shape index (κ2) is 5.85. The SMILES string of the molecule is CS(=O)(=O)c1ccc(OCc2cnc(NN)cn2)cc1. The van der Waals surface area contributed by atoms with Gasteiger partial charge < -0.3 is 10.2 Å². The molecule has 2 aromatic rings. The van der Waals surface area contributed by atoms with Crippen molar-refractivity contribution in [2.75, 3.05) is 11.7 Å². The molecule has 0 amide bonds. The predicted octanol–water partition coefficient (Wildman–Crippen LogP) is 0.745. The molecule has 0 radical (unpaired) electrons. The minimum absolute atomic E-state index is 0.232. The maximum Gasteiger partial charge on any atom is 0.175 e. The molecule has 0 saturated heterocycles. The van der Waals surface area contributed by atoms with Crippen LogP contribution in [-0.4, -0.2) is 24.6 Å². The molecule has 0 atom stereocenters. The Morgan fingerprint density at radius 2 is 1.90 bits per heavy atom. The van der Waals surface area contributed by atoms with Gasteiger partial charge in [0.15, 0.2) is 15.7 Å². The molecule has 2 rings (SSSR count). The van der Waals surface area contributed by atoms with Gasteiger partial charge in [-0.15, -0.1) is 0 Å². The first-order valence-electron chi connectivity index (χ1n) is 5.69. The largest absolute Gasteiger partial charge is 0.487 e. The Bertz CT molecular complexity index is 669. The van der Waals surface area contributed by atoms with Gasteiger partial charge in [0.2, 0.25) is 0 Å². The third-order valence-electron chi connectivity index (χ3n) is 2.49. The summed E-state index contributed by atoms with van der Waals surface area (Å²) in [5, 5.41) is 0. The second-order valence-corrected chi connectivity index (χ2v) is 6.09. The van der Waals surface area contributed by atoms with Gasteiger partial charge in [-0.05, 0) is 24.3 Å². The number of hydrazine groups is 1. The summed E-state index contributed by atoms with van der Waals surface area (Å²) in [6, 6.07) is 6.19. The van der Waals surface area contributed by atoms with Gasteiger partial charge >= 0.3 is 0 Å². The molecule has 3 N–H and O–H groups in total. The Morgan fingerprint density at radius 1 is 1.20 bits per heavy atom. The summed E-state index contributed by atoms with van der Waals surface area (Å²) in [4.78, 5) is 8.35. The number of anilines is 1. The molecule has 0 saturated carbocycles. The minimum Gasteiger partial charge on any atom is -0.487 e. The van der Waals surface area contributed by atoms with Crippen LogP contribution in [0.25, 0.3) is 0 Å². The summed E-state index contributed by atoms with van der Waals surface area (Å²) >= 11 is 0. The molecule has 0 unspecified atom stereocenters. The van der Waals surface area contributed by atoms with E-state index in [1.54, 1.807) is 18.3 Å². The monoisotopic (exact) mass is 294 g/mol. The zero-order valence-corrected chi connectivity index (χ0v) is 11.6. The fourth-order valence-corrected chi connectivity index (χ4v) is 2.07. The van der Waals surface area contributed by atoms with E-state index in [1.165, 1.54) is 18.3 Å². The molecule has 0 aliphatic heterocycles. The van der Waals surface area contributed by atoms with Crippen molar-refractivity contribution >= 4 is 15.7 Å². The van der Waals surface area contributed by atoms with E-state index >= 15 is 0 Å². The molecule has 1 aromatic heterocycles. The Hall–Kier alpha value is -2.19. The predicted molar refractivity (Wildman–Crippen MR) is 73.7 cm³/mol. The van der Waals surface area contributed by atoms with Crippen molar-refractivity contribution in [3.63, 3.8) is 0 Å². The molecular weight excluding hydrogens is 280 g/mol. The molecule has 7 nitrogen and oxygen atoms in total. The van der Waals surface area contributed by atoms with E-state index in [0.717, 1.165) is 6.26 Å². The maximum atomic E-state index is 11.3. The zero-order valence-electron chi connectivity index (χ0n) is 10.8. The molecule has 8 heteroatoms. The van der Waals surface area contributed by atoms with Gasteiger partial charge in [0, 0.05) is 6.26 Å². The Balaban J connectivity index is 2.00. The average Bonchev–Trinajstić information content (AvgIpc) is 2.45. The van der Waals surface area contributed by atoms with E-state index in [-0.39, 0.29) is 11.5 Å². The van der Waals surface area contributed by atoms with Gasteiger partial charge in [0.25, 0.3) is 0 Å². The summed E-state index contributed by atoms with van der Waals surface area (Å²) in [7, 11) is -3.19. The second-order valence-electron chi connectivity index (χ2n) is 4.07. The van der Waals surface area contributed by atoms with Crippen LogP contribution in [0.4, 0.5) is 5.82 Å². The molecule has 0 bridgehead atoms. The maximum absolute atomic E-state index is 11.3. The number of rotatable bonds is 5. The van der Waals surface area contributed by atoms with Gasteiger partial charge in [-0.1, -0.05) is 0 Å². The van der Waals surface area contributed by atoms with E-state index in [2.05, 4.69) is 15.4 Å². The van der Waals surface area contributed by atoms with Crippen LogP contribution in [0, 0.1) is 0 Å². The lowest BCUT2D eigenvalue weighted by Gasteiger charge is -2.06. The van der Waals surface area contributed by atoms with Crippen LogP contribution in [0.2, 0.25) is 0 Å². The third-order valence-corrected chi connectivity index (χ3v) is 3.62. The van der Waals surface area contributed by atoms with Gasteiger partial charge in [-0.3, -0.25) is 4.98 Å². The smallest absolute Gasteiger partial charge is 0.175 e. The van der Waals surface area contributed by atoms with Crippen molar-refractivity contribution in [3.8, 4) is 5.75 Å². The summed E-state index contributed by atoms with van der Waals surface area (Å²) in [6.45, 7) is 0.232. The van der Waals surface area contributed by atoms with Crippen LogP contribution in [0.3, 0.4) is 0 Å². The van der Waals surface area contributed by atoms with Gasteiger partial charge in [0.05, 0.1) is 23.0 Å². The standard InChI is InChI=1S/C12H14N4O3S/c1-20(17,18)11-4-2-10(3-5-11)19-8-9-6-15-12(16-13)7-14-9/h2-7H,8,13H2,1H3,(H,15,16). The lowest BCUT2D eigenvalue weighted by Crippen LogP contribution is -2.09. The number of aromatic nitrogens is 2. The Kier molecular flexibility index (Phi) is 4.16. The molecule has 1 aromatic carbocycles. The van der Waals surface area contributed by atoms with Crippen LogP contribution < -0.4 is 16.0 Å². The molecule has 0 spiro atoms. The summed E-state index contributed by atoms with van der Waals surface area (Å²) < 4.78 is 28.1. The topological polar surface area (TPSA) is 107 Å². The van der Waals surface area contributed by atoms with E-state index < -0.39 is 9.84 Å². The number of hydrogen-bond donors (Lipinski definition) is 2. The first-order chi connectivity index (χ1) is 9.49. The molecule has 20 heavy (non-hydrogen) atoms. The molecule has 106 valence electrons. The van der Waals surface area contributed by atoms with E-state index in [9.17, 15) is 8.42 Å². The molecule has 0 fully saturated rings. The van der Waals surface area contributed by atoms with Crippen molar-refractivity contribution in [1.29, 1.82) is 0 Å². The molecule has 1 heterocycles.